The van der Waals surface area contributed by atoms with Gasteiger partial charge in [-0.05, 0) is 56.5 Å². The molecule has 1 atom stereocenters. The van der Waals surface area contributed by atoms with Crippen molar-refractivity contribution in [2.45, 2.75) is 39.8 Å². The maximum atomic E-state index is 12.0. The van der Waals surface area contributed by atoms with Crippen LogP contribution in [-0.2, 0) is 17.9 Å². The monoisotopic (exact) mass is 382 g/mol. The number of nitrogens with zero attached hydrogens (tertiary/aromatic N) is 3. The van der Waals surface area contributed by atoms with Gasteiger partial charge in [-0.2, -0.15) is 0 Å². The third kappa shape index (κ3) is 3.71. The first-order valence-corrected chi connectivity index (χ1v) is 10.2. The summed E-state index contributed by atoms with van der Waals surface area (Å²) in [5.41, 5.74) is 5.04. The summed E-state index contributed by atoms with van der Waals surface area (Å²) in [6, 6.07) is 6.47. The summed E-state index contributed by atoms with van der Waals surface area (Å²) in [5.74, 6) is -0.923. The van der Waals surface area contributed by atoms with Crippen LogP contribution in [0.15, 0.2) is 30.7 Å². The van der Waals surface area contributed by atoms with Gasteiger partial charge in [-0.25, -0.2) is 4.98 Å². The van der Waals surface area contributed by atoms with Crippen LogP contribution in [0.5, 0.6) is 0 Å². The highest BCUT2D eigenvalue weighted by molar-refractivity contribution is 5.72. The molecule has 6 heteroatoms. The number of likely N-dealkylation sites (tertiary alicyclic amines) is 2. The molecule has 4 rings (SSSR count). The third-order valence-electron chi connectivity index (χ3n) is 6.84. The molecule has 0 aliphatic carbocycles. The Morgan fingerprint density at radius 3 is 2.54 bits per heavy atom. The summed E-state index contributed by atoms with van der Waals surface area (Å²) in [5, 5.41) is 9.89. The minimum Gasteiger partial charge on any atom is -0.481 e. The van der Waals surface area contributed by atoms with E-state index in [2.05, 4.69) is 51.8 Å². The molecule has 0 bridgehead atoms. The normalized spacial score (nSPS) is 22.7. The lowest BCUT2D eigenvalue weighted by Gasteiger charge is -2.41. The zero-order valence-corrected chi connectivity index (χ0v) is 16.8. The number of hydrogen-bond donors (Lipinski definition) is 2. The second-order valence-electron chi connectivity index (χ2n) is 8.65. The van der Waals surface area contributed by atoms with Gasteiger partial charge in [0.2, 0.25) is 0 Å². The fourth-order valence-corrected chi connectivity index (χ4v) is 5.13. The first kappa shape index (κ1) is 19.2. The summed E-state index contributed by atoms with van der Waals surface area (Å²) in [7, 11) is 0. The van der Waals surface area contributed by atoms with Crippen molar-refractivity contribution in [3.05, 3.63) is 53.1 Å². The fraction of sp³-hybridized carbons (Fsp3) is 0.545. The van der Waals surface area contributed by atoms with Gasteiger partial charge in [0.05, 0.1) is 12.2 Å². The number of piperidine rings is 1. The quantitative estimate of drug-likeness (QED) is 0.832. The highest BCUT2D eigenvalue weighted by Gasteiger charge is 2.51. The number of hydrogen-bond acceptors (Lipinski definition) is 4. The van der Waals surface area contributed by atoms with Crippen LogP contribution in [-0.4, -0.2) is 57.0 Å². The number of carboxylic acid groups (broad SMARTS) is 1. The minimum atomic E-state index is -0.643. The van der Waals surface area contributed by atoms with E-state index in [1.165, 1.54) is 16.7 Å². The molecular weight excluding hydrogens is 352 g/mol. The van der Waals surface area contributed by atoms with Crippen molar-refractivity contribution in [2.24, 2.45) is 11.3 Å². The second kappa shape index (κ2) is 7.68. The molecule has 1 aromatic carbocycles. The van der Waals surface area contributed by atoms with E-state index in [-0.39, 0.29) is 11.3 Å². The van der Waals surface area contributed by atoms with Crippen molar-refractivity contribution in [3.8, 4) is 0 Å². The lowest BCUT2D eigenvalue weighted by molar-refractivity contribution is -0.146. The molecule has 2 aromatic rings. The Balaban J connectivity index is 1.43. The molecule has 1 aromatic heterocycles. The van der Waals surface area contributed by atoms with E-state index in [0.717, 1.165) is 51.3 Å². The molecule has 3 heterocycles. The van der Waals surface area contributed by atoms with Crippen LogP contribution < -0.4 is 0 Å². The standard InChI is InChI=1S/C22H30N4O2/c1-16-4-3-5-17(2)19(16)12-25-8-6-22(7-9-25)14-26(13-20(22)21(27)28)11-18-10-23-15-24-18/h3-5,10,15,20H,6-9,11-14H2,1-2H3,(H,23,24)(H,27,28). The molecule has 2 aliphatic rings. The molecule has 0 radical (unpaired) electrons. The number of aliphatic carboxylic acids is 1. The number of nitrogens with one attached hydrogen (secondary N) is 1. The SMILES string of the molecule is Cc1cccc(C)c1CN1CCC2(CC1)CN(Cc1cnc[nH]1)CC2C(=O)O. The molecule has 2 saturated heterocycles. The number of rotatable bonds is 5. The maximum Gasteiger partial charge on any atom is 0.308 e. The number of imidazole rings is 1. The Morgan fingerprint density at radius 2 is 1.93 bits per heavy atom. The summed E-state index contributed by atoms with van der Waals surface area (Å²) in [4.78, 5) is 24.0. The topological polar surface area (TPSA) is 72.5 Å². The van der Waals surface area contributed by atoms with E-state index in [9.17, 15) is 9.90 Å². The number of carboxylic acids is 1. The van der Waals surface area contributed by atoms with Gasteiger partial charge < -0.3 is 10.1 Å². The molecule has 1 unspecified atom stereocenters. The van der Waals surface area contributed by atoms with E-state index < -0.39 is 5.97 Å². The van der Waals surface area contributed by atoms with Crippen LogP contribution in [0.25, 0.3) is 0 Å². The third-order valence-corrected chi connectivity index (χ3v) is 6.84. The van der Waals surface area contributed by atoms with Crippen molar-refractivity contribution >= 4 is 5.97 Å². The van der Waals surface area contributed by atoms with E-state index in [4.69, 9.17) is 0 Å². The first-order chi connectivity index (χ1) is 13.5. The number of aromatic amines is 1. The van der Waals surface area contributed by atoms with Crippen molar-refractivity contribution in [1.82, 2.24) is 19.8 Å². The van der Waals surface area contributed by atoms with Gasteiger partial charge in [0, 0.05) is 43.5 Å². The molecule has 6 nitrogen and oxygen atoms in total. The predicted octanol–water partition coefficient (Wildman–Crippen LogP) is 2.83. The van der Waals surface area contributed by atoms with Crippen LogP contribution in [0.1, 0.15) is 35.2 Å². The van der Waals surface area contributed by atoms with Gasteiger partial charge in [0.25, 0.3) is 0 Å². The lowest BCUT2D eigenvalue weighted by atomic mass is 9.71. The lowest BCUT2D eigenvalue weighted by Crippen LogP contribution is -2.45. The summed E-state index contributed by atoms with van der Waals surface area (Å²) >= 11 is 0. The molecule has 2 fully saturated rings. The Kier molecular flexibility index (Phi) is 5.25. The van der Waals surface area contributed by atoms with Crippen LogP contribution >= 0.6 is 0 Å². The van der Waals surface area contributed by atoms with Gasteiger partial charge in [0.1, 0.15) is 0 Å². The zero-order chi connectivity index (χ0) is 19.7. The first-order valence-electron chi connectivity index (χ1n) is 10.2. The average Bonchev–Trinajstić information content (AvgIpc) is 3.29. The van der Waals surface area contributed by atoms with E-state index >= 15 is 0 Å². The van der Waals surface area contributed by atoms with E-state index in [0.29, 0.717) is 6.54 Å². The van der Waals surface area contributed by atoms with E-state index in [1.807, 2.05) is 6.20 Å². The molecular formula is C22H30N4O2. The zero-order valence-electron chi connectivity index (χ0n) is 16.8. The molecule has 0 saturated carbocycles. The second-order valence-corrected chi connectivity index (χ2v) is 8.65. The largest absolute Gasteiger partial charge is 0.481 e. The molecule has 1 spiro atoms. The highest BCUT2D eigenvalue weighted by atomic mass is 16.4. The highest BCUT2D eigenvalue weighted by Crippen LogP contribution is 2.45. The Labute approximate surface area is 166 Å². The molecule has 2 N–H and O–H groups in total. The number of H-pyrrole nitrogens is 1. The summed E-state index contributed by atoms with van der Waals surface area (Å²) in [6.45, 7) is 9.50. The number of benzene rings is 1. The summed E-state index contributed by atoms with van der Waals surface area (Å²) in [6.07, 6.45) is 5.42. The Hall–Kier alpha value is -2.18. The van der Waals surface area contributed by atoms with Crippen LogP contribution in [0.4, 0.5) is 0 Å². The molecule has 2 aliphatic heterocycles. The van der Waals surface area contributed by atoms with Gasteiger partial charge in [-0.15, -0.1) is 0 Å². The molecule has 150 valence electrons. The van der Waals surface area contributed by atoms with Crippen LogP contribution in [0, 0.1) is 25.2 Å². The van der Waals surface area contributed by atoms with E-state index in [1.54, 1.807) is 6.33 Å². The molecule has 28 heavy (non-hydrogen) atoms. The van der Waals surface area contributed by atoms with Crippen LogP contribution in [0.2, 0.25) is 0 Å². The van der Waals surface area contributed by atoms with Gasteiger partial charge in [-0.1, -0.05) is 18.2 Å². The Bertz CT molecular complexity index is 805. The number of aryl methyl sites for hydroxylation is 2. The van der Waals surface area contributed by atoms with Crippen molar-refractivity contribution in [1.29, 1.82) is 0 Å². The predicted molar refractivity (Wildman–Crippen MR) is 108 cm³/mol. The van der Waals surface area contributed by atoms with Crippen molar-refractivity contribution in [2.75, 3.05) is 26.2 Å². The molecule has 0 amide bonds. The maximum absolute atomic E-state index is 12.0. The van der Waals surface area contributed by atoms with Gasteiger partial charge >= 0.3 is 5.97 Å². The fourth-order valence-electron chi connectivity index (χ4n) is 5.13. The average molecular weight is 383 g/mol. The minimum absolute atomic E-state index is 0.108. The van der Waals surface area contributed by atoms with Crippen LogP contribution in [0.3, 0.4) is 0 Å². The van der Waals surface area contributed by atoms with Crippen molar-refractivity contribution < 1.29 is 9.90 Å². The smallest absolute Gasteiger partial charge is 0.308 e. The van der Waals surface area contributed by atoms with Crippen molar-refractivity contribution in [3.63, 3.8) is 0 Å². The number of carbonyl (C=O) groups is 1. The van der Waals surface area contributed by atoms with Gasteiger partial charge in [-0.3, -0.25) is 14.6 Å². The number of aromatic nitrogens is 2. The summed E-state index contributed by atoms with van der Waals surface area (Å²) < 4.78 is 0. The van der Waals surface area contributed by atoms with Gasteiger partial charge in [0.15, 0.2) is 0 Å². The Morgan fingerprint density at radius 1 is 1.21 bits per heavy atom.